The van der Waals surface area contributed by atoms with Crippen LogP contribution in [0.1, 0.15) is 20.3 Å². The number of nitrogens with zero attached hydrogens (tertiary/aromatic N) is 5. The van der Waals surface area contributed by atoms with Crippen molar-refractivity contribution >= 4 is 56.7 Å². The second-order valence-corrected chi connectivity index (χ2v) is 7.32. The molecule has 0 saturated carbocycles. The van der Waals surface area contributed by atoms with E-state index in [1.165, 1.54) is 24.3 Å². The van der Waals surface area contributed by atoms with Crippen LogP contribution in [0.3, 0.4) is 0 Å². The van der Waals surface area contributed by atoms with Crippen LogP contribution >= 0.6 is 27.7 Å². The molecule has 0 aromatic carbocycles. The Kier molecular flexibility index (Phi) is 6.06. The first kappa shape index (κ1) is 19.3. The number of H-pyrrole nitrogens is 1. The number of anilines is 2. The Morgan fingerprint density at radius 2 is 2.19 bits per heavy atom. The smallest absolute Gasteiger partial charge is 0.240 e. The number of carbonyl (C=O) groups is 1. The first-order valence-electron chi connectivity index (χ1n) is 8.11. The summed E-state index contributed by atoms with van der Waals surface area (Å²) >= 11 is 4.58. The highest BCUT2D eigenvalue weighted by atomic mass is 79.9. The molecule has 0 aliphatic heterocycles. The quantitative estimate of drug-likeness (QED) is 0.363. The third-order valence-corrected chi connectivity index (χ3v) is 5.31. The number of nitrogens with one attached hydrogen (secondary N) is 2. The lowest BCUT2D eigenvalue weighted by Crippen LogP contribution is -2.26. The number of amides is 1. The van der Waals surface area contributed by atoms with E-state index in [0.717, 1.165) is 0 Å². The minimum Gasteiger partial charge on any atom is -0.477 e. The van der Waals surface area contributed by atoms with Crippen molar-refractivity contribution < 1.29 is 9.53 Å². The molecule has 0 spiro atoms. The number of rotatable bonds is 7. The standard InChI is InChI=1S/C15H17BrN8O2S/c1-3-8(27-13-9-10(20-6-19-9)21-14(17)24-13)11(25)22-15-18-5-7(16)12(23-15)26-4-2/h5-6,8H,3-4H2,1-2H3,(H,18,22,23,25)(H3,17,19,20,21,24)/t8-/m1/s1. The lowest BCUT2D eigenvalue weighted by atomic mass is 10.3. The Morgan fingerprint density at radius 3 is 2.93 bits per heavy atom. The first-order chi connectivity index (χ1) is 13.0. The van der Waals surface area contributed by atoms with Crippen LogP contribution < -0.4 is 15.8 Å². The summed E-state index contributed by atoms with van der Waals surface area (Å²) in [6.45, 7) is 4.20. The predicted molar refractivity (Wildman–Crippen MR) is 106 cm³/mol. The molecule has 3 aromatic heterocycles. The number of aromatic amines is 1. The van der Waals surface area contributed by atoms with Crippen LogP contribution in [0.15, 0.2) is 22.0 Å². The molecule has 10 nitrogen and oxygen atoms in total. The molecule has 3 rings (SSSR count). The molecule has 0 aliphatic carbocycles. The zero-order valence-electron chi connectivity index (χ0n) is 14.6. The van der Waals surface area contributed by atoms with Crippen LogP contribution in [0.5, 0.6) is 5.88 Å². The zero-order chi connectivity index (χ0) is 19.4. The molecule has 1 atom stereocenters. The monoisotopic (exact) mass is 452 g/mol. The van der Waals surface area contributed by atoms with E-state index in [9.17, 15) is 4.79 Å². The second-order valence-electron chi connectivity index (χ2n) is 5.27. The van der Waals surface area contributed by atoms with Crippen molar-refractivity contribution in [3.63, 3.8) is 0 Å². The molecule has 0 unspecified atom stereocenters. The van der Waals surface area contributed by atoms with Gasteiger partial charge in [-0.05, 0) is 29.3 Å². The third-order valence-electron chi connectivity index (χ3n) is 3.41. The molecule has 142 valence electrons. The van der Waals surface area contributed by atoms with Crippen molar-refractivity contribution in [1.29, 1.82) is 0 Å². The average Bonchev–Trinajstić information content (AvgIpc) is 3.10. The summed E-state index contributed by atoms with van der Waals surface area (Å²) < 4.78 is 6.01. The Morgan fingerprint density at radius 1 is 1.37 bits per heavy atom. The van der Waals surface area contributed by atoms with Gasteiger partial charge < -0.3 is 15.5 Å². The van der Waals surface area contributed by atoms with E-state index in [1.807, 2.05) is 13.8 Å². The molecule has 27 heavy (non-hydrogen) atoms. The Hall–Kier alpha value is -2.47. The maximum absolute atomic E-state index is 12.7. The minimum atomic E-state index is -0.436. The van der Waals surface area contributed by atoms with E-state index in [0.29, 0.717) is 39.6 Å². The first-order valence-corrected chi connectivity index (χ1v) is 9.78. The van der Waals surface area contributed by atoms with Crippen LogP contribution in [-0.4, -0.2) is 47.7 Å². The largest absolute Gasteiger partial charge is 0.477 e. The Bertz CT molecular complexity index is 966. The van der Waals surface area contributed by atoms with E-state index < -0.39 is 5.25 Å². The van der Waals surface area contributed by atoms with Gasteiger partial charge in [-0.3, -0.25) is 10.1 Å². The highest BCUT2D eigenvalue weighted by Crippen LogP contribution is 2.30. The molecule has 12 heteroatoms. The number of nitrogens with two attached hydrogens (primary N) is 1. The van der Waals surface area contributed by atoms with Crippen LogP contribution in [-0.2, 0) is 4.79 Å². The summed E-state index contributed by atoms with van der Waals surface area (Å²) in [7, 11) is 0. The van der Waals surface area contributed by atoms with Crippen molar-refractivity contribution in [3.8, 4) is 5.88 Å². The number of nitrogen functional groups attached to an aromatic ring is 1. The van der Waals surface area contributed by atoms with Crippen molar-refractivity contribution in [2.24, 2.45) is 0 Å². The molecular formula is C15H17BrN8O2S. The molecule has 3 aromatic rings. The SMILES string of the molecule is CCOc1nc(NC(=O)[C@@H](CC)Sc2nc(N)nc3nc[nH]c23)ncc1Br. The third kappa shape index (κ3) is 4.45. The number of aromatic nitrogens is 6. The van der Waals surface area contributed by atoms with E-state index in [4.69, 9.17) is 10.5 Å². The van der Waals surface area contributed by atoms with Crippen LogP contribution in [0, 0.1) is 0 Å². The van der Waals surface area contributed by atoms with Gasteiger partial charge in [-0.15, -0.1) is 0 Å². The summed E-state index contributed by atoms with van der Waals surface area (Å²) in [5.74, 6) is 0.382. The molecule has 3 heterocycles. The number of thioether (sulfide) groups is 1. The number of fused-ring (bicyclic) bond motifs is 1. The van der Waals surface area contributed by atoms with Crippen LogP contribution in [0.25, 0.3) is 11.2 Å². The van der Waals surface area contributed by atoms with Gasteiger partial charge in [-0.1, -0.05) is 18.7 Å². The lowest BCUT2D eigenvalue weighted by molar-refractivity contribution is -0.115. The van der Waals surface area contributed by atoms with E-state index in [2.05, 4.69) is 51.2 Å². The van der Waals surface area contributed by atoms with E-state index in [-0.39, 0.29) is 17.8 Å². The lowest BCUT2D eigenvalue weighted by Gasteiger charge is -2.14. The summed E-state index contributed by atoms with van der Waals surface area (Å²) in [6, 6.07) is 0. The molecule has 0 aliphatic rings. The van der Waals surface area contributed by atoms with Crippen molar-refractivity contribution in [1.82, 2.24) is 29.9 Å². The summed E-state index contributed by atoms with van der Waals surface area (Å²) in [5, 5.41) is 2.83. The van der Waals surface area contributed by atoms with Gasteiger partial charge in [0.1, 0.15) is 10.5 Å². The fraction of sp³-hybridized carbons (Fsp3) is 0.333. The number of imidazole rings is 1. The second kappa shape index (κ2) is 8.48. The summed E-state index contributed by atoms with van der Waals surface area (Å²) in [4.78, 5) is 36.3. The number of hydrogen-bond acceptors (Lipinski definition) is 9. The van der Waals surface area contributed by atoms with E-state index in [1.54, 1.807) is 0 Å². The number of halogens is 1. The van der Waals surface area contributed by atoms with Gasteiger partial charge in [0.05, 0.1) is 28.9 Å². The molecule has 0 fully saturated rings. The highest BCUT2D eigenvalue weighted by Gasteiger charge is 2.22. The molecule has 0 saturated heterocycles. The fourth-order valence-electron chi connectivity index (χ4n) is 2.21. The van der Waals surface area contributed by atoms with Crippen molar-refractivity contribution in [3.05, 3.63) is 17.0 Å². The average molecular weight is 453 g/mol. The number of ether oxygens (including phenoxy) is 1. The molecule has 1 amide bonds. The van der Waals surface area contributed by atoms with Gasteiger partial charge in [0.15, 0.2) is 5.65 Å². The molecular weight excluding hydrogens is 436 g/mol. The Balaban J connectivity index is 1.78. The number of hydrogen-bond donors (Lipinski definition) is 3. The maximum atomic E-state index is 12.7. The predicted octanol–water partition coefficient (Wildman–Crippen LogP) is 2.40. The normalized spacial score (nSPS) is 12.1. The van der Waals surface area contributed by atoms with Crippen molar-refractivity contribution in [2.75, 3.05) is 17.7 Å². The van der Waals surface area contributed by atoms with Crippen LogP contribution in [0.4, 0.5) is 11.9 Å². The molecule has 0 radical (unpaired) electrons. The topological polar surface area (TPSA) is 145 Å². The van der Waals surface area contributed by atoms with Gasteiger partial charge in [-0.2, -0.15) is 9.97 Å². The van der Waals surface area contributed by atoms with Crippen LogP contribution in [0.2, 0.25) is 0 Å². The van der Waals surface area contributed by atoms with Crippen molar-refractivity contribution in [2.45, 2.75) is 30.5 Å². The molecule has 4 N–H and O–H groups in total. The van der Waals surface area contributed by atoms with E-state index >= 15 is 0 Å². The maximum Gasteiger partial charge on any atom is 0.240 e. The zero-order valence-corrected chi connectivity index (χ0v) is 17.0. The number of carbonyl (C=O) groups excluding carboxylic acids is 1. The van der Waals surface area contributed by atoms with Gasteiger partial charge in [0.2, 0.25) is 23.7 Å². The Labute approximate surface area is 167 Å². The van der Waals surface area contributed by atoms with Gasteiger partial charge in [-0.25, -0.2) is 15.0 Å². The summed E-state index contributed by atoms with van der Waals surface area (Å²) in [5.41, 5.74) is 6.83. The van der Waals surface area contributed by atoms with Gasteiger partial charge in [0.25, 0.3) is 0 Å². The summed E-state index contributed by atoms with van der Waals surface area (Å²) in [6.07, 6.45) is 3.60. The minimum absolute atomic E-state index is 0.102. The van der Waals surface area contributed by atoms with Gasteiger partial charge in [0, 0.05) is 0 Å². The molecule has 0 bridgehead atoms. The van der Waals surface area contributed by atoms with Gasteiger partial charge >= 0.3 is 0 Å². The highest BCUT2D eigenvalue weighted by molar-refractivity contribution is 9.10. The fourth-order valence-corrected chi connectivity index (χ4v) is 3.53.